The number of hydrogen-bond donors (Lipinski definition) is 1. The summed E-state index contributed by atoms with van der Waals surface area (Å²) in [6.45, 7) is 3.49. The molecule has 1 aliphatic heterocycles. The van der Waals surface area contributed by atoms with Crippen LogP contribution in [-0.2, 0) is 16.0 Å². The van der Waals surface area contributed by atoms with Crippen molar-refractivity contribution in [3.63, 3.8) is 0 Å². The van der Waals surface area contributed by atoms with Gasteiger partial charge in [0, 0.05) is 24.1 Å². The van der Waals surface area contributed by atoms with E-state index in [0.717, 1.165) is 35.7 Å². The Morgan fingerprint density at radius 2 is 2.32 bits per heavy atom. The van der Waals surface area contributed by atoms with Crippen LogP contribution in [0.5, 0.6) is 0 Å². The van der Waals surface area contributed by atoms with E-state index in [-0.39, 0.29) is 12.0 Å². The van der Waals surface area contributed by atoms with Crippen LogP contribution in [0.15, 0.2) is 29.6 Å². The van der Waals surface area contributed by atoms with E-state index in [9.17, 15) is 4.79 Å². The lowest BCUT2D eigenvalue weighted by molar-refractivity contribution is -0.120. The normalized spacial score (nSPS) is 17.6. The fourth-order valence-corrected chi connectivity index (χ4v) is 3.40. The molecule has 1 fully saturated rings. The maximum Gasteiger partial charge on any atom is 0.226 e. The lowest BCUT2D eigenvalue weighted by Gasteiger charge is -2.09. The molecule has 1 aliphatic rings. The molecular weight excluding hydrogens is 296 g/mol. The van der Waals surface area contributed by atoms with Gasteiger partial charge in [-0.1, -0.05) is 24.3 Å². The highest BCUT2D eigenvalue weighted by Crippen LogP contribution is 2.25. The average Bonchev–Trinajstić information content (AvgIpc) is 3.17. The number of thiazole rings is 1. The zero-order chi connectivity index (χ0) is 15.4. The first kappa shape index (κ1) is 15.2. The first-order valence-electron chi connectivity index (χ1n) is 7.61. The van der Waals surface area contributed by atoms with Crippen molar-refractivity contribution < 1.29 is 9.53 Å². The van der Waals surface area contributed by atoms with Gasteiger partial charge in [0.1, 0.15) is 5.01 Å². The zero-order valence-electron chi connectivity index (χ0n) is 12.7. The van der Waals surface area contributed by atoms with Crippen molar-refractivity contribution in [1.29, 1.82) is 0 Å². The van der Waals surface area contributed by atoms with Gasteiger partial charge in [0.2, 0.25) is 5.91 Å². The maximum atomic E-state index is 12.0. The van der Waals surface area contributed by atoms with E-state index in [1.54, 1.807) is 0 Å². The number of nitrogens with one attached hydrogen (secondary N) is 1. The van der Waals surface area contributed by atoms with E-state index in [4.69, 9.17) is 4.74 Å². The number of rotatable bonds is 5. The summed E-state index contributed by atoms with van der Waals surface area (Å²) in [4.78, 5) is 16.6. The summed E-state index contributed by atoms with van der Waals surface area (Å²) < 4.78 is 5.50. The molecule has 0 saturated carbocycles. The first-order chi connectivity index (χ1) is 10.7. The minimum absolute atomic E-state index is 0.0150. The van der Waals surface area contributed by atoms with E-state index in [0.29, 0.717) is 13.0 Å². The standard InChI is InChI=1S/C17H20N2O2S/c1-12-5-2-3-7-14(12)15-11-22-17(19-15)9-16(20)18-10-13-6-4-8-21-13/h2-3,5,7,11,13H,4,6,8-10H2,1H3,(H,18,20). The van der Waals surface area contributed by atoms with E-state index in [2.05, 4.69) is 29.4 Å². The molecule has 0 aliphatic carbocycles. The minimum Gasteiger partial charge on any atom is -0.376 e. The van der Waals surface area contributed by atoms with Gasteiger partial charge in [-0.25, -0.2) is 4.98 Å². The fourth-order valence-electron chi connectivity index (χ4n) is 2.61. The molecule has 22 heavy (non-hydrogen) atoms. The van der Waals surface area contributed by atoms with Gasteiger partial charge >= 0.3 is 0 Å². The summed E-state index contributed by atoms with van der Waals surface area (Å²) >= 11 is 1.54. The Hall–Kier alpha value is -1.72. The highest BCUT2D eigenvalue weighted by Gasteiger charge is 2.17. The van der Waals surface area contributed by atoms with Crippen molar-refractivity contribution >= 4 is 17.2 Å². The van der Waals surface area contributed by atoms with Crippen LogP contribution in [0, 0.1) is 6.92 Å². The number of carbonyl (C=O) groups excluding carboxylic acids is 1. The van der Waals surface area contributed by atoms with Crippen LogP contribution in [0.2, 0.25) is 0 Å². The first-order valence-corrected chi connectivity index (χ1v) is 8.49. The Kier molecular flexibility index (Phi) is 4.85. The number of aryl methyl sites for hydroxylation is 1. The Bertz CT molecular complexity index is 648. The van der Waals surface area contributed by atoms with Gasteiger partial charge in [-0.15, -0.1) is 11.3 Å². The topological polar surface area (TPSA) is 51.2 Å². The molecule has 116 valence electrons. The third kappa shape index (κ3) is 3.72. The number of hydrogen-bond acceptors (Lipinski definition) is 4. The predicted octanol–water partition coefficient (Wildman–Crippen LogP) is 2.96. The van der Waals surface area contributed by atoms with Gasteiger partial charge in [0.15, 0.2) is 0 Å². The van der Waals surface area contributed by atoms with Crippen LogP contribution < -0.4 is 5.32 Å². The van der Waals surface area contributed by atoms with E-state index < -0.39 is 0 Å². The molecule has 1 unspecified atom stereocenters. The van der Waals surface area contributed by atoms with Crippen molar-refractivity contribution in [3.8, 4) is 11.3 Å². The number of amides is 1. The third-order valence-electron chi connectivity index (χ3n) is 3.84. The van der Waals surface area contributed by atoms with E-state index >= 15 is 0 Å². The minimum atomic E-state index is 0.0150. The van der Waals surface area contributed by atoms with E-state index in [1.165, 1.54) is 16.9 Å². The van der Waals surface area contributed by atoms with Gasteiger partial charge in [0.05, 0.1) is 18.2 Å². The quantitative estimate of drug-likeness (QED) is 0.922. The van der Waals surface area contributed by atoms with Crippen LogP contribution in [0.4, 0.5) is 0 Å². The lowest BCUT2D eigenvalue weighted by Crippen LogP contribution is -2.32. The van der Waals surface area contributed by atoms with Gasteiger partial charge in [0.25, 0.3) is 0 Å². The highest BCUT2D eigenvalue weighted by molar-refractivity contribution is 7.10. The monoisotopic (exact) mass is 316 g/mol. The van der Waals surface area contributed by atoms with Crippen molar-refractivity contribution in [3.05, 3.63) is 40.2 Å². The second-order valence-corrected chi connectivity index (χ2v) is 6.50. The number of aromatic nitrogens is 1. The molecule has 1 aromatic heterocycles. The molecule has 1 N–H and O–H groups in total. The predicted molar refractivity (Wildman–Crippen MR) is 88.0 cm³/mol. The Balaban J connectivity index is 1.57. The molecule has 2 heterocycles. The Morgan fingerprint density at radius 1 is 1.45 bits per heavy atom. The summed E-state index contributed by atoms with van der Waals surface area (Å²) in [6, 6.07) is 8.16. The van der Waals surface area contributed by atoms with Crippen molar-refractivity contribution in [2.75, 3.05) is 13.2 Å². The molecule has 4 nitrogen and oxygen atoms in total. The van der Waals surface area contributed by atoms with Crippen molar-refractivity contribution in [2.24, 2.45) is 0 Å². The number of ether oxygens (including phenoxy) is 1. The number of nitrogens with zero attached hydrogens (tertiary/aromatic N) is 1. The second kappa shape index (κ2) is 7.03. The number of carbonyl (C=O) groups is 1. The largest absolute Gasteiger partial charge is 0.376 e. The summed E-state index contributed by atoms with van der Waals surface area (Å²) in [5.74, 6) is 0.0150. The molecule has 2 aromatic rings. The van der Waals surface area contributed by atoms with E-state index in [1.807, 2.05) is 17.5 Å². The smallest absolute Gasteiger partial charge is 0.226 e. The third-order valence-corrected chi connectivity index (χ3v) is 4.68. The average molecular weight is 316 g/mol. The van der Waals surface area contributed by atoms with Crippen molar-refractivity contribution in [2.45, 2.75) is 32.3 Å². The molecule has 5 heteroatoms. The van der Waals surface area contributed by atoms with Crippen LogP contribution in [0.25, 0.3) is 11.3 Å². The summed E-state index contributed by atoms with van der Waals surface area (Å²) in [5.41, 5.74) is 3.27. The molecule has 0 radical (unpaired) electrons. The summed E-state index contributed by atoms with van der Waals surface area (Å²) in [6.07, 6.45) is 2.65. The maximum absolute atomic E-state index is 12.0. The van der Waals surface area contributed by atoms with Gasteiger partial charge in [-0.3, -0.25) is 4.79 Å². The summed E-state index contributed by atoms with van der Waals surface area (Å²) in [5, 5.41) is 5.81. The van der Waals surface area contributed by atoms with Gasteiger partial charge in [-0.05, 0) is 25.3 Å². The van der Waals surface area contributed by atoms with Crippen LogP contribution >= 0.6 is 11.3 Å². The molecule has 1 amide bonds. The molecule has 1 aromatic carbocycles. The second-order valence-electron chi connectivity index (χ2n) is 5.56. The zero-order valence-corrected chi connectivity index (χ0v) is 13.5. The van der Waals surface area contributed by atoms with Crippen LogP contribution in [-0.4, -0.2) is 30.1 Å². The highest BCUT2D eigenvalue weighted by atomic mass is 32.1. The van der Waals surface area contributed by atoms with Crippen LogP contribution in [0.3, 0.4) is 0 Å². The number of benzene rings is 1. The molecule has 1 saturated heterocycles. The molecule has 1 atom stereocenters. The molecule has 0 spiro atoms. The molecule has 0 bridgehead atoms. The summed E-state index contributed by atoms with van der Waals surface area (Å²) in [7, 11) is 0. The Labute approximate surface area is 134 Å². The molecular formula is C17H20N2O2S. The fraction of sp³-hybridized carbons (Fsp3) is 0.412. The van der Waals surface area contributed by atoms with Gasteiger partial charge < -0.3 is 10.1 Å². The van der Waals surface area contributed by atoms with Crippen LogP contribution in [0.1, 0.15) is 23.4 Å². The SMILES string of the molecule is Cc1ccccc1-c1csc(CC(=O)NCC2CCCO2)n1. The molecule has 3 rings (SSSR count). The van der Waals surface area contributed by atoms with Crippen molar-refractivity contribution in [1.82, 2.24) is 10.3 Å². The van der Waals surface area contributed by atoms with Gasteiger partial charge in [-0.2, -0.15) is 0 Å². The Morgan fingerprint density at radius 3 is 3.09 bits per heavy atom. The lowest BCUT2D eigenvalue weighted by atomic mass is 10.1.